The summed E-state index contributed by atoms with van der Waals surface area (Å²) in [6.45, 7) is 4.95. The number of hydrogen-bond acceptors (Lipinski definition) is 9. The second-order valence-electron chi connectivity index (χ2n) is 11.6. The monoisotopic (exact) mass is 593 g/mol. The van der Waals surface area contributed by atoms with E-state index < -0.39 is 47.8 Å². The molecule has 1 saturated heterocycles. The molecule has 10 nitrogen and oxygen atoms in total. The Morgan fingerprint density at radius 2 is 1.91 bits per heavy atom. The second-order valence-corrected chi connectivity index (χ2v) is 11.6. The summed E-state index contributed by atoms with van der Waals surface area (Å²) in [6.07, 6.45) is 4.34. The van der Waals surface area contributed by atoms with E-state index in [-0.39, 0.29) is 38.4 Å². The molecule has 3 N–H and O–H groups in total. The first-order chi connectivity index (χ1) is 20.5. The lowest BCUT2D eigenvalue weighted by Gasteiger charge is -2.30. The number of allylic oxidation sites excluding steroid dienone is 1. The van der Waals surface area contributed by atoms with Crippen molar-refractivity contribution in [3.63, 3.8) is 0 Å². The fourth-order valence-electron chi connectivity index (χ4n) is 4.88. The number of aliphatic hydroxyl groups excluding tert-OH is 1. The number of ether oxygens (including phenoxy) is 4. The van der Waals surface area contributed by atoms with E-state index in [0.717, 1.165) is 11.1 Å². The number of carbonyl (C=O) groups excluding carboxylic acids is 3. The molecule has 2 aliphatic rings. The molecule has 1 aliphatic heterocycles. The van der Waals surface area contributed by atoms with Crippen molar-refractivity contribution in [2.24, 2.45) is 0 Å². The lowest BCUT2D eigenvalue weighted by molar-refractivity contribution is -0.155. The molecule has 43 heavy (non-hydrogen) atoms. The van der Waals surface area contributed by atoms with Crippen LogP contribution in [-0.4, -0.2) is 71.4 Å². The minimum atomic E-state index is -0.777. The molecule has 0 saturated carbocycles. The number of phenolic OH excluding ortho intramolecular Hbond substituents is 1. The number of benzene rings is 2. The molecule has 1 heterocycles. The highest BCUT2D eigenvalue weighted by atomic mass is 16.7. The van der Waals surface area contributed by atoms with Gasteiger partial charge in [0, 0.05) is 18.4 Å². The molecule has 0 radical (unpaired) electrons. The largest absolute Gasteiger partial charge is 0.508 e. The number of rotatable bonds is 11. The lowest BCUT2D eigenvalue weighted by Crippen LogP contribution is -2.45. The summed E-state index contributed by atoms with van der Waals surface area (Å²) >= 11 is 0. The fourth-order valence-corrected chi connectivity index (χ4v) is 4.88. The van der Waals surface area contributed by atoms with Crippen LogP contribution in [0.2, 0.25) is 0 Å². The molecule has 230 valence electrons. The molecule has 10 heteroatoms. The van der Waals surface area contributed by atoms with Gasteiger partial charge in [0.2, 0.25) is 5.91 Å². The van der Waals surface area contributed by atoms with Crippen LogP contribution in [0, 0.1) is 0 Å². The van der Waals surface area contributed by atoms with Crippen molar-refractivity contribution in [2.75, 3.05) is 13.4 Å². The summed E-state index contributed by atoms with van der Waals surface area (Å²) in [5.41, 5.74) is 1.62. The van der Waals surface area contributed by atoms with Crippen molar-refractivity contribution >= 4 is 23.9 Å². The number of phenols is 1. The molecule has 2 aromatic rings. The van der Waals surface area contributed by atoms with Gasteiger partial charge in [0.25, 0.3) is 0 Å². The maximum atomic E-state index is 13.2. The number of para-hydroxylation sites is 1. The smallest absolute Gasteiger partial charge is 0.338 e. The minimum absolute atomic E-state index is 0.00118. The minimum Gasteiger partial charge on any atom is -0.508 e. The summed E-state index contributed by atoms with van der Waals surface area (Å²) in [4.78, 5) is 38.4. The highest BCUT2D eigenvalue weighted by Crippen LogP contribution is 2.31. The van der Waals surface area contributed by atoms with Crippen LogP contribution in [-0.2, 0) is 35.0 Å². The summed E-state index contributed by atoms with van der Waals surface area (Å²) < 4.78 is 22.4. The lowest BCUT2D eigenvalue weighted by atomic mass is 9.91. The Labute approximate surface area is 251 Å². The van der Waals surface area contributed by atoms with Crippen LogP contribution in [0.25, 0.3) is 6.08 Å². The van der Waals surface area contributed by atoms with E-state index in [4.69, 9.17) is 18.9 Å². The van der Waals surface area contributed by atoms with Crippen molar-refractivity contribution in [3.8, 4) is 5.75 Å². The van der Waals surface area contributed by atoms with Gasteiger partial charge >= 0.3 is 11.9 Å². The molecule has 0 bridgehead atoms. The molecule has 1 fully saturated rings. The summed E-state index contributed by atoms with van der Waals surface area (Å²) in [7, 11) is 0. The molecular formula is C33H39NO9. The molecule has 1 aliphatic carbocycles. The van der Waals surface area contributed by atoms with Crippen LogP contribution in [0.4, 0.5) is 0 Å². The standard InChI is InChI=1S/C33H39NO9/c1-33(2,3)43-29(37)15-14-25(19-35)34-31(38)24-17-27-30(41-20-40-27)28(18-24)42-32(39)23-12-7-9-21(16-23)8-6-11-22-10-4-5-13-26(22)36/h4-10,12-13,16-17,25,27-28,30,35-36H,11,14-15,18-20H2,1-3H3,(H,34,38)/t25-,27+,28+,30+/m0/s1. The SMILES string of the molecule is CC(C)(C)OC(=O)CC[C@@H](CO)NC(=O)C1=C[C@H]2OCO[C@H]2[C@H](OC(=O)c2cccc(C=CCc3ccccc3O)c2)C1. The Hall–Kier alpha value is -3.99. The van der Waals surface area contributed by atoms with Gasteiger partial charge in [-0.3, -0.25) is 9.59 Å². The van der Waals surface area contributed by atoms with Gasteiger partial charge < -0.3 is 34.5 Å². The molecule has 4 atom stereocenters. The zero-order valence-electron chi connectivity index (χ0n) is 24.7. The predicted molar refractivity (Wildman–Crippen MR) is 158 cm³/mol. The predicted octanol–water partition coefficient (Wildman–Crippen LogP) is 3.84. The van der Waals surface area contributed by atoms with Gasteiger partial charge in [-0.25, -0.2) is 4.79 Å². The van der Waals surface area contributed by atoms with E-state index in [2.05, 4.69) is 5.32 Å². The van der Waals surface area contributed by atoms with Crippen molar-refractivity contribution < 1.29 is 43.5 Å². The highest BCUT2D eigenvalue weighted by molar-refractivity contribution is 5.94. The number of aliphatic hydroxyl groups is 1. The second kappa shape index (κ2) is 14.5. The van der Waals surface area contributed by atoms with Crippen molar-refractivity contribution in [3.05, 3.63) is 82.9 Å². The zero-order valence-corrected chi connectivity index (χ0v) is 24.7. The molecule has 4 rings (SSSR count). The average Bonchev–Trinajstić information content (AvgIpc) is 3.44. The first-order valence-corrected chi connectivity index (χ1v) is 14.3. The van der Waals surface area contributed by atoms with Gasteiger partial charge in [-0.1, -0.05) is 42.5 Å². The van der Waals surface area contributed by atoms with Crippen LogP contribution in [0.15, 0.2) is 66.3 Å². The third-order valence-corrected chi connectivity index (χ3v) is 6.98. The van der Waals surface area contributed by atoms with Gasteiger partial charge in [-0.15, -0.1) is 0 Å². The maximum Gasteiger partial charge on any atom is 0.338 e. The van der Waals surface area contributed by atoms with Crippen LogP contribution in [0.5, 0.6) is 5.75 Å². The molecule has 0 aromatic heterocycles. The average molecular weight is 594 g/mol. The molecule has 0 spiro atoms. The van der Waals surface area contributed by atoms with Crippen molar-refractivity contribution in [1.82, 2.24) is 5.32 Å². The van der Waals surface area contributed by atoms with Gasteiger partial charge in [-0.05, 0) is 69.0 Å². The Morgan fingerprint density at radius 1 is 1.12 bits per heavy atom. The van der Waals surface area contributed by atoms with E-state index in [1.807, 2.05) is 30.4 Å². The van der Waals surface area contributed by atoms with E-state index in [9.17, 15) is 24.6 Å². The normalized spacial score (nSPS) is 20.7. The van der Waals surface area contributed by atoms with Gasteiger partial charge in [0.15, 0.2) is 0 Å². The third kappa shape index (κ3) is 9.25. The van der Waals surface area contributed by atoms with Crippen LogP contribution in [0.3, 0.4) is 0 Å². The quantitative estimate of drug-likeness (QED) is 0.332. The Balaban J connectivity index is 1.37. The number of esters is 2. The van der Waals surface area contributed by atoms with E-state index in [0.29, 0.717) is 17.6 Å². The van der Waals surface area contributed by atoms with Gasteiger partial charge in [0.1, 0.15) is 36.5 Å². The number of nitrogens with one attached hydrogen (secondary N) is 1. The number of amides is 1. The summed E-state index contributed by atoms with van der Waals surface area (Å²) in [6, 6.07) is 13.4. The summed E-state index contributed by atoms with van der Waals surface area (Å²) in [5.74, 6) is -1.21. The Kier molecular flexibility index (Phi) is 10.7. The van der Waals surface area contributed by atoms with Gasteiger partial charge in [0.05, 0.1) is 18.2 Å². The Morgan fingerprint density at radius 3 is 2.65 bits per heavy atom. The number of fused-ring (bicyclic) bond motifs is 1. The number of carbonyl (C=O) groups is 3. The zero-order chi connectivity index (χ0) is 31.0. The van der Waals surface area contributed by atoms with E-state index in [1.165, 1.54) is 0 Å². The molecular weight excluding hydrogens is 554 g/mol. The topological polar surface area (TPSA) is 141 Å². The van der Waals surface area contributed by atoms with Crippen molar-refractivity contribution in [1.29, 1.82) is 0 Å². The van der Waals surface area contributed by atoms with Crippen molar-refractivity contribution in [2.45, 2.75) is 76.4 Å². The van der Waals surface area contributed by atoms with Crippen LogP contribution < -0.4 is 5.32 Å². The fraction of sp³-hybridized carbons (Fsp3) is 0.424. The molecule has 0 unspecified atom stereocenters. The van der Waals surface area contributed by atoms with E-state index in [1.54, 1.807) is 57.2 Å². The van der Waals surface area contributed by atoms with Gasteiger partial charge in [-0.2, -0.15) is 0 Å². The first kappa shape index (κ1) is 31.9. The maximum absolute atomic E-state index is 13.2. The summed E-state index contributed by atoms with van der Waals surface area (Å²) in [5, 5.41) is 22.5. The number of hydrogen-bond donors (Lipinski definition) is 3. The van der Waals surface area contributed by atoms with Crippen LogP contribution in [0.1, 0.15) is 61.5 Å². The highest BCUT2D eigenvalue weighted by Gasteiger charge is 2.42. The van der Waals surface area contributed by atoms with Crippen LogP contribution >= 0.6 is 0 Å². The Bertz CT molecular complexity index is 1360. The first-order valence-electron chi connectivity index (χ1n) is 14.3. The third-order valence-electron chi connectivity index (χ3n) is 6.98. The molecule has 1 amide bonds. The molecule has 2 aromatic carbocycles. The van der Waals surface area contributed by atoms with E-state index >= 15 is 0 Å². The number of aromatic hydroxyl groups is 1.